The lowest BCUT2D eigenvalue weighted by Crippen LogP contribution is -2.12. The molecule has 1 aromatic carbocycles. The molecule has 7 heteroatoms. The fourth-order valence-corrected chi connectivity index (χ4v) is 1.56. The monoisotopic (exact) mass is 289 g/mol. The highest BCUT2D eigenvalue weighted by Gasteiger charge is 2.30. The molecule has 0 saturated heterocycles. The lowest BCUT2D eigenvalue weighted by atomic mass is 10.1. The topological polar surface area (TPSA) is 66.4 Å². The summed E-state index contributed by atoms with van der Waals surface area (Å²) >= 11 is 0. The van der Waals surface area contributed by atoms with E-state index in [0.29, 0.717) is 12.8 Å². The summed E-state index contributed by atoms with van der Waals surface area (Å²) in [5.74, 6) is -1.38. The van der Waals surface area contributed by atoms with Crippen LogP contribution >= 0.6 is 0 Å². The summed E-state index contributed by atoms with van der Waals surface area (Å²) in [6.07, 6.45) is -3.69. The van der Waals surface area contributed by atoms with Crippen LogP contribution in [0.4, 0.5) is 18.9 Å². The van der Waals surface area contributed by atoms with E-state index in [4.69, 9.17) is 5.11 Å². The molecule has 2 N–H and O–H groups in total. The van der Waals surface area contributed by atoms with Crippen molar-refractivity contribution in [2.75, 3.05) is 5.32 Å². The summed E-state index contributed by atoms with van der Waals surface area (Å²) in [5, 5.41) is 10.8. The number of hydrogen-bond donors (Lipinski definition) is 2. The Balaban J connectivity index is 2.48. The summed E-state index contributed by atoms with van der Waals surface area (Å²) in [6.45, 7) is 0. The Bertz CT molecular complexity index is 486. The van der Waals surface area contributed by atoms with Crippen LogP contribution in [-0.4, -0.2) is 17.0 Å². The van der Waals surface area contributed by atoms with Gasteiger partial charge in [0.05, 0.1) is 5.56 Å². The van der Waals surface area contributed by atoms with Crippen LogP contribution in [0.25, 0.3) is 0 Å². The van der Waals surface area contributed by atoms with Gasteiger partial charge in [0.1, 0.15) is 0 Å². The molecule has 0 aliphatic carbocycles. The van der Waals surface area contributed by atoms with Crippen LogP contribution < -0.4 is 5.32 Å². The Morgan fingerprint density at radius 2 is 1.80 bits per heavy atom. The highest BCUT2D eigenvalue weighted by molar-refractivity contribution is 5.90. The molecule has 0 bridgehead atoms. The summed E-state index contributed by atoms with van der Waals surface area (Å²) in [7, 11) is 0. The van der Waals surface area contributed by atoms with Gasteiger partial charge in [-0.3, -0.25) is 9.59 Å². The van der Waals surface area contributed by atoms with Gasteiger partial charge < -0.3 is 10.4 Å². The molecule has 1 aromatic rings. The first-order valence-corrected chi connectivity index (χ1v) is 5.98. The number of halogens is 3. The number of rotatable bonds is 6. The van der Waals surface area contributed by atoms with Gasteiger partial charge in [0.15, 0.2) is 0 Å². The largest absolute Gasteiger partial charge is 0.481 e. The maximum Gasteiger partial charge on any atom is 0.416 e. The normalized spacial score (nSPS) is 11.2. The molecule has 0 radical (unpaired) electrons. The van der Waals surface area contributed by atoms with Gasteiger partial charge in [-0.05, 0) is 31.0 Å². The highest BCUT2D eigenvalue weighted by Crippen LogP contribution is 2.30. The van der Waals surface area contributed by atoms with Crippen molar-refractivity contribution in [3.8, 4) is 0 Å². The van der Waals surface area contributed by atoms with Crippen molar-refractivity contribution >= 4 is 17.6 Å². The predicted molar refractivity (Wildman–Crippen MR) is 66.2 cm³/mol. The van der Waals surface area contributed by atoms with E-state index in [1.54, 1.807) is 0 Å². The van der Waals surface area contributed by atoms with Gasteiger partial charge >= 0.3 is 12.1 Å². The van der Waals surface area contributed by atoms with Crippen LogP contribution in [-0.2, 0) is 15.8 Å². The first-order valence-electron chi connectivity index (χ1n) is 5.98. The maximum atomic E-state index is 12.5. The molecule has 0 spiro atoms. The van der Waals surface area contributed by atoms with Crippen molar-refractivity contribution in [3.63, 3.8) is 0 Å². The minimum atomic E-state index is -4.46. The number of benzene rings is 1. The number of amides is 1. The minimum absolute atomic E-state index is 0.0309. The van der Waals surface area contributed by atoms with Crippen molar-refractivity contribution in [2.24, 2.45) is 0 Å². The van der Waals surface area contributed by atoms with E-state index < -0.39 is 23.6 Å². The van der Waals surface area contributed by atoms with Crippen LogP contribution in [0.2, 0.25) is 0 Å². The Hall–Kier alpha value is -2.05. The number of alkyl halides is 3. The van der Waals surface area contributed by atoms with E-state index in [2.05, 4.69) is 5.32 Å². The minimum Gasteiger partial charge on any atom is -0.481 e. The number of carboxylic acids is 1. The molecular weight excluding hydrogens is 275 g/mol. The third kappa shape index (κ3) is 5.73. The lowest BCUT2D eigenvalue weighted by molar-refractivity contribution is -0.138. The fraction of sp³-hybridized carbons (Fsp3) is 0.385. The Morgan fingerprint density at radius 3 is 2.40 bits per heavy atom. The van der Waals surface area contributed by atoms with Crippen molar-refractivity contribution < 1.29 is 27.9 Å². The van der Waals surface area contributed by atoms with Gasteiger partial charge in [0.2, 0.25) is 5.91 Å². The van der Waals surface area contributed by atoms with E-state index in [0.717, 1.165) is 12.1 Å². The SMILES string of the molecule is O=C(O)CCCCC(=O)Nc1cccc(C(F)(F)F)c1. The third-order valence-corrected chi connectivity index (χ3v) is 2.52. The Morgan fingerprint density at radius 1 is 1.15 bits per heavy atom. The molecular formula is C13H14F3NO3. The summed E-state index contributed by atoms with van der Waals surface area (Å²) in [4.78, 5) is 21.7. The zero-order valence-corrected chi connectivity index (χ0v) is 10.5. The molecule has 4 nitrogen and oxygen atoms in total. The van der Waals surface area contributed by atoms with Gasteiger partial charge in [-0.25, -0.2) is 0 Å². The molecule has 110 valence electrons. The number of hydrogen-bond acceptors (Lipinski definition) is 2. The summed E-state index contributed by atoms with van der Waals surface area (Å²) < 4.78 is 37.4. The van der Waals surface area contributed by atoms with Crippen molar-refractivity contribution in [1.29, 1.82) is 0 Å². The highest BCUT2D eigenvalue weighted by atomic mass is 19.4. The number of aliphatic carboxylic acids is 1. The second-order valence-electron chi connectivity index (χ2n) is 4.23. The van der Waals surface area contributed by atoms with Gasteiger partial charge in [-0.2, -0.15) is 13.2 Å². The molecule has 0 aliphatic rings. The predicted octanol–water partition coefficient (Wildman–Crippen LogP) is 3.29. The smallest absolute Gasteiger partial charge is 0.416 e. The number of carbonyl (C=O) groups is 2. The summed E-state index contributed by atoms with van der Waals surface area (Å²) in [6, 6.07) is 4.35. The van der Waals surface area contributed by atoms with E-state index in [-0.39, 0.29) is 18.5 Å². The molecule has 0 saturated carbocycles. The van der Waals surface area contributed by atoms with Crippen LogP contribution in [0.15, 0.2) is 24.3 Å². The van der Waals surface area contributed by atoms with Crippen LogP contribution in [0, 0.1) is 0 Å². The second kappa shape index (κ2) is 6.93. The zero-order chi connectivity index (χ0) is 15.2. The van der Waals surface area contributed by atoms with E-state index in [1.165, 1.54) is 12.1 Å². The van der Waals surface area contributed by atoms with Crippen LogP contribution in [0.5, 0.6) is 0 Å². The molecule has 1 rings (SSSR count). The van der Waals surface area contributed by atoms with E-state index in [1.807, 2.05) is 0 Å². The standard InChI is InChI=1S/C13H14F3NO3/c14-13(15,16)9-4-3-5-10(8-9)17-11(18)6-1-2-7-12(19)20/h3-5,8H,1-2,6-7H2,(H,17,18)(H,19,20). The molecule has 20 heavy (non-hydrogen) atoms. The van der Waals surface area contributed by atoms with Crippen LogP contribution in [0.1, 0.15) is 31.2 Å². The number of unbranched alkanes of at least 4 members (excludes halogenated alkanes) is 1. The number of nitrogens with one attached hydrogen (secondary N) is 1. The van der Waals surface area contributed by atoms with Crippen LogP contribution in [0.3, 0.4) is 0 Å². The number of anilines is 1. The quantitative estimate of drug-likeness (QED) is 0.790. The van der Waals surface area contributed by atoms with Crippen molar-refractivity contribution in [1.82, 2.24) is 0 Å². The molecule has 0 unspecified atom stereocenters. The average molecular weight is 289 g/mol. The Kier molecular flexibility index (Phi) is 5.54. The van der Waals surface area contributed by atoms with E-state index in [9.17, 15) is 22.8 Å². The zero-order valence-electron chi connectivity index (χ0n) is 10.5. The van der Waals surface area contributed by atoms with Crippen molar-refractivity contribution in [2.45, 2.75) is 31.9 Å². The fourth-order valence-electron chi connectivity index (χ4n) is 1.56. The number of carbonyl (C=O) groups excluding carboxylic acids is 1. The first-order chi connectivity index (χ1) is 9.29. The lowest BCUT2D eigenvalue weighted by Gasteiger charge is -2.09. The Labute approximate surface area is 113 Å². The first kappa shape index (κ1) is 16.0. The number of carboxylic acid groups (broad SMARTS) is 1. The maximum absolute atomic E-state index is 12.5. The molecule has 0 atom stereocenters. The average Bonchev–Trinajstić information content (AvgIpc) is 2.34. The molecule has 0 aromatic heterocycles. The molecule has 0 fully saturated rings. The second-order valence-corrected chi connectivity index (χ2v) is 4.23. The van der Waals surface area contributed by atoms with Gasteiger partial charge in [-0.1, -0.05) is 6.07 Å². The van der Waals surface area contributed by atoms with Gasteiger partial charge in [-0.15, -0.1) is 0 Å². The van der Waals surface area contributed by atoms with Gasteiger partial charge in [0.25, 0.3) is 0 Å². The van der Waals surface area contributed by atoms with E-state index >= 15 is 0 Å². The molecule has 1 amide bonds. The molecule has 0 aliphatic heterocycles. The third-order valence-electron chi connectivity index (χ3n) is 2.52. The van der Waals surface area contributed by atoms with Crippen molar-refractivity contribution in [3.05, 3.63) is 29.8 Å². The van der Waals surface area contributed by atoms with Gasteiger partial charge in [0, 0.05) is 18.5 Å². The summed E-state index contributed by atoms with van der Waals surface area (Å²) in [5.41, 5.74) is -0.760. The molecule has 0 heterocycles.